The summed E-state index contributed by atoms with van der Waals surface area (Å²) in [6, 6.07) is 6.25. The number of H-pyrrole nitrogens is 1. The molecule has 1 spiro atoms. The van der Waals surface area contributed by atoms with E-state index in [0.29, 0.717) is 12.5 Å². The summed E-state index contributed by atoms with van der Waals surface area (Å²) in [4.78, 5) is 16.7. The number of carbonyl (C=O) groups excluding carboxylic acids is 1. The monoisotopic (exact) mass is 381 g/mol. The topological polar surface area (TPSA) is 91.9 Å². The molecule has 2 fully saturated rings. The van der Waals surface area contributed by atoms with Gasteiger partial charge in [-0.15, -0.1) is 0 Å². The number of carbonyl (C=O) groups is 1. The molecular weight excluding hydrogens is 354 g/mol. The van der Waals surface area contributed by atoms with Crippen LogP contribution < -0.4 is 10.6 Å². The van der Waals surface area contributed by atoms with E-state index in [1.54, 1.807) is 0 Å². The first-order valence-electron chi connectivity index (χ1n) is 10.4. The molecule has 3 N–H and O–H groups in total. The van der Waals surface area contributed by atoms with Crippen molar-refractivity contribution in [1.82, 2.24) is 20.5 Å². The molecule has 1 amide bonds. The molecule has 7 nitrogen and oxygen atoms in total. The number of hydrogen-bond donors (Lipinski definition) is 3. The Morgan fingerprint density at radius 1 is 1.14 bits per heavy atom. The minimum atomic E-state index is -0.283. The Morgan fingerprint density at radius 2 is 2.07 bits per heavy atom. The van der Waals surface area contributed by atoms with E-state index in [9.17, 15) is 4.79 Å². The van der Waals surface area contributed by atoms with Crippen molar-refractivity contribution < 1.29 is 9.53 Å². The van der Waals surface area contributed by atoms with Crippen LogP contribution in [0.5, 0.6) is 0 Å². The Labute approximate surface area is 164 Å². The highest BCUT2D eigenvalue weighted by Gasteiger charge is 2.44. The molecule has 2 aromatic heterocycles. The van der Waals surface area contributed by atoms with Crippen LogP contribution in [0.2, 0.25) is 0 Å². The maximum Gasteiger partial charge on any atom is 0.407 e. The Bertz CT molecular complexity index is 860. The van der Waals surface area contributed by atoms with Crippen LogP contribution in [0.1, 0.15) is 68.7 Å². The summed E-state index contributed by atoms with van der Waals surface area (Å²) in [6.07, 6.45) is 9.87. The summed E-state index contributed by atoms with van der Waals surface area (Å²) in [5, 5.41) is 13.9. The molecule has 28 heavy (non-hydrogen) atoms. The number of aromatic amines is 1. The summed E-state index contributed by atoms with van der Waals surface area (Å²) in [6.45, 7) is 0.671. The number of rotatable bonds is 0. The first-order valence-corrected chi connectivity index (χ1v) is 10.4. The first-order chi connectivity index (χ1) is 13.7. The fraction of sp³-hybridized carbons (Fsp3) is 0.571. The van der Waals surface area contributed by atoms with Gasteiger partial charge in [-0.25, -0.2) is 4.79 Å². The highest BCUT2D eigenvalue weighted by Crippen LogP contribution is 2.51. The Kier molecular flexibility index (Phi) is 4.45. The van der Waals surface area contributed by atoms with Gasteiger partial charge in [-0.3, -0.25) is 10.1 Å². The number of aromatic nitrogens is 3. The van der Waals surface area contributed by atoms with Gasteiger partial charge in [0, 0.05) is 47.2 Å². The van der Waals surface area contributed by atoms with Crippen molar-refractivity contribution in [2.45, 2.75) is 68.8 Å². The first kappa shape index (κ1) is 17.5. The minimum Gasteiger partial charge on any atom is -0.446 e. The normalized spacial score (nSPS) is 26.5. The van der Waals surface area contributed by atoms with Crippen molar-refractivity contribution in [3.8, 4) is 0 Å². The maximum atomic E-state index is 12.1. The van der Waals surface area contributed by atoms with Gasteiger partial charge >= 0.3 is 6.09 Å². The summed E-state index contributed by atoms with van der Waals surface area (Å²) in [5.74, 6) is 1.17. The molecule has 5 rings (SSSR count). The number of nitrogens with one attached hydrogen (secondary N) is 3. The van der Waals surface area contributed by atoms with Gasteiger partial charge in [-0.1, -0.05) is 6.42 Å². The zero-order chi connectivity index (χ0) is 19.0. The van der Waals surface area contributed by atoms with Crippen LogP contribution in [0, 0.1) is 0 Å². The summed E-state index contributed by atoms with van der Waals surface area (Å²) in [7, 11) is 0. The van der Waals surface area contributed by atoms with Gasteiger partial charge < -0.3 is 15.4 Å². The summed E-state index contributed by atoms with van der Waals surface area (Å²) in [5.41, 5.74) is 3.51. The van der Waals surface area contributed by atoms with Gasteiger partial charge in [0.2, 0.25) is 0 Å². The third kappa shape index (κ3) is 3.57. The van der Waals surface area contributed by atoms with E-state index in [-0.39, 0.29) is 17.6 Å². The van der Waals surface area contributed by atoms with Crippen LogP contribution in [0.4, 0.5) is 16.3 Å². The summed E-state index contributed by atoms with van der Waals surface area (Å²) >= 11 is 0. The largest absolute Gasteiger partial charge is 0.446 e. The predicted octanol–water partition coefficient (Wildman–Crippen LogP) is 4.13. The van der Waals surface area contributed by atoms with Crippen molar-refractivity contribution in [3.05, 3.63) is 35.8 Å². The quantitative estimate of drug-likeness (QED) is 0.638. The lowest BCUT2D eigenvalue weighted by Gasteiger charge is -2.16. The zero-order valence-corrected chi connectivity index (χ0v) is 16.0. The second kappa shape index (κ2) is 7.11. The van der Waals surface area contributed by atoms with Gasteiger partial charge in [0.15, 0.2) is 5.82 Å². The molecule has 0 saturated heterocycles. The highest BCUT2D eigenvalue weighted by atomic mass is 16.6. The smallest absolute Gasteiger partial charge is 0.407 e. The SMILES string of the molecule is O=C1NCCCCC2(CC2)c2cc(ccn2)Nc2cc([nH]n2)[C@H]2CC[C@H](C2)O1. The molecule has 6 bridgehead atoms. The predicted molar refractivity (Wildman–Crippen MR) is 106 cm³/mol. The molecule has 2 atom stereocenters. The lowest BCUT2D eigenvalue weighted by atomic mass is 9.94. The highest BCUT2D eigenvalue weighted by molar-refractivity contribution is 5.67. The van der Waals surface area contributed by atoms with Crippen LogP contribution >= 0.6 is 0 Å². The molecule has 2 aromatic rings. The van der Waals surface area contributed by atoms with E-state index in [1.165, 1.54) is 18.5 Å². The van der Waals surface area contributed by atoms with Gasteiger partial charge in [0.25, 0.3) is 0 Å². The second-order valence-corrected chi connectivity index (χ2v) is 8.46. The van der Waals surface area contributed by atoms with Crippen molar-refractivity contribution in [2.75, 3.05) is 11.9 Å². The van der Waals surface area contributed by atoms with E-state index in [1.807, 2.05) is 12.3 Å². The lowest BCUT2D eigenvalue weighted by molar-refractivity contribution is 0.100. The number of amides is 1. The number of ether oxygens (including phenoxy) is 1. The van der Waals surface area contributed by atoms with Crippen molar-refractivity contribution >= 4 is 17.6 Å². The molecule has 0 unspecified atom stereocenters. The number of nitrogens with zero attached hydrogens (tertiary/aromatic N) is 2. The Balaban J connectivity index is 1.39. The van der Waals surface area contributed by atoms with Crippen LogP contribution in [0.25, 0.3) is 0 Å². The molecule has 148 valence electrons. The fourth-order valence-corrected chi connectivity index (χ4v) is 4.64. The fourth-order valence-electron chi connectivity index (χ4n) is 4.64. The van der Waals surface area contributed by atoms with Gasteiger partial charge in [0.1, 0.15) is 6.10 Å². The van der Waals surface area contributed by atoms with Gasteiger partial charge in [-0.2, -0.15) is 5.10 Å². The lowest BCUT2D eigenvalue weighted by Crippen LogP contribution is -2.29. The third-order valence-corrected chi connectivity index (χ3v) is 6.48. The Morgan fingerprint density at radius 3 is 2.96 bits per heavy atom. The standard InChI is InChI=1S/C21H27N5O2/c27-20-23-9-2-1-6-21(7-8-21)18-12-15(5-10-22-18)24-19-13-17(25-26-19)14-3-4-16(11-14)28-20/h5,10,12-14,16H,1-4,6-9,11H2,(H,23,27)(H2,24,25,26)/t14-,16+/m0/s1. The molecule has 3 aliphatic rings. The average molecular weight is 381 g/mol. The number of anilines is 2. The number of alkyl carbamates (subject to hydrolysis) is 1. The molecule has 0 aromatic carbocycles. The second-order valence-electron chi connectivity index (χ2n) is 8.46. The Hall–Kier alpha value is -2.57. The van der Waals surface area contributed by atoms with Crippen LogP contribution in [0.15, 0.2) is 24.4 Å². The van der Waals surface area contributed by atoms with Crippen LogP contribution in [-0.4, -0.2) is 33.9 Å². The maximum absolute atomic E-state index is 12.1. The molecule has 2 saturated carbocycles. The van der Waals surface area contributed by atoms with Crippen molar-refractivity contribution in [3.63, 3.8) is 0 Å². The third-order valence-electron chi connectivity index (χ3n) is 6.48. The molecule has 2 aliphatic carbocycles. The molecule has 7 heteroatoms. The van der Waals surface area contributed by atoms with Crippen molar-refractivity contribution in [1.29, 1.82) is 0 Å². The number of pyridine rings is 1. The van der Waals surface area contributed by atoms with E-state index >= 15 is 0 Å². The van der Waals surface area contributed by atoms with Crippen molar-refractivity contribution in [2.24, 2.45) is 0 Å². The van der Waals surface area contributed by atoms with E-state index in [4.69, 9.17) is 4.74 Å². The summed E-state index contributed by atoms with van der Waals surface area (Å²) < 4.78 is 5.61. The van der Waals surface area contributed by atoms with Crippen LogP contribution in [-0.2, 0) is 10.2 Å². The zero-order valence-electron chi connectivity index (χ0n) is 16.0. The molecule has 0 radical (unpaired) electrons. The van der Waals surface area contributed by atoms with Crippen LogP contribution in [0.3, 0.4) is 0 Å². The molecule has 1 aliphatic heterocycles. The van der Waals surface area contributed by atoms with E-state index in [2.05, 4.69) is 37.9 Å². The van der Waals surface area contributed by atoms with Gasteiger partial charge in [0.05, 0.1) is 0 Å². The molecule has 3 heterocycles. The van der Waals surface area contributed by atoms with Gasteiger partial charge in [-0.05, 0) is 57.1 Å². The number of fused-ring (bicyclic) bond motifs is 8. The minimum absolute atomic E-state index is 0.0129. The van der Waals surface area contributed by atoms with E-state index in [0.717, 1.165) is 55.7 Å². The molecular formula is C21H27N5O2. The van der Waals surface area contributed by atoms with E-state index < -0.39 is 0 Å². The average Bonchev–Trinajstić information content (AvgIpc) is 3.09. The number of hydrogen-bond acceptors (Lipinski definition) is 5.